The number of hydrogen-bond donors (Lipinski definition) is 0. The van der Waals surface area contributed by atoms with E-state index in [-0.39, 0.29) is 12.0 Å². The summed E-state index contributed by atoms with van der Waals surface area (Å²) in [5.41, 5.74) is -0.0189. The Balaban J connectivity index is 3.24. The first kappa shape index (κ1) is 11.6. The second-order valence-corrected chi connectivity index (χ2v) is 3.18. The SMILES string of the molecule is CCc1ccc(CC#N)c(C(F)(F)F)c1. The van der Waals surface area contributed by atoms with Gasteiger partial charge in [0, 0.05) is 0 Å². The van der Waals surface area contributed by atoms with Gasteiger partial charge in [0.1, 0.15) is 0 Å². The van der Waals surface area contributed by atoms with Gasteiger partial charge in [-0.1, -0.05) is 19.1 Å². The molecule has 0 bridgehead atoms. The van der Waals surface area contributed by atoms with Crippen LogP contribution in [0.1, 0.15) is 23.6 Å². The van der Waals surface area contributed by atoms with E-state index in [0.29, 0.717) is 12.0 Å². The number of nitrogens with zero attached hydrogens (tertiary/aromatic N) is 1. The summed E-state index contributed by atoms with van der Waals surface area (Å²) >= 11 is 0. The van der Waals surface area contributed by atoms with Crippen LogP contribution in [0.25, 0.3) is 0 Å². The molecule has 0 saturated carbocycles. The number of alkyl halides is 3. The van der Waals surface area contributed by atoms with Crippen LogP contribution in [0.3, 0.4) is 0 Å². The first-order valence-corrected chi connectivity index (χ1v) is 4.55. The maximum atomic E-state index is 12.6. The summed E-state index contributed by atoms with van der Waals surface area (Å²) in [6.07, 6.45) is -4.04. The molecule has 0 aliphatic rings. The van der Waals surface area contributed by atoms with Gasteiger partial charge in [0.2, 0.25) is 0 Å². The summed E-state index contributed by atoms with van der Waals surface area (Å²) in [4.78, 5) is 0. The first-order valence-electron chi connectivity index (χ1n) is 4.55. The Kier molecular flexibility index (Phi) is 3.35. The standard InChI is InChI=1S/C11H10F3N/c1-2-8-3-4-9(5-6-15)10(7-8)11(12,13)14/h3-4,7H,2,5H2,1H3. The minimum absolute atomic E-state index is 0.0437. The van der Waals surface area contributed by atoms with Crippen LogP contribution in [0.2, 0.25) is 0 Å². The van der Waals surface area contributed by atoms with Gasteiger partial charge in [-0.2, -0.15) is 18.4 Å². The van der Waals surface area contributed by atoms with Crippen LogP contribution in [0, 0.1) is 11.3 Å². The average molecular weight is 213 g/mol. The fraction of sp³-hybridized carbons (Fsp3) is 0.364. The molecule has 1 nitrogen and oxygen atoms in total. The number of rotatable bonds is 2. The number of hydrogen-bond acceptors (Lipinski definition) is 1. The summed E-state index contributed by atoms with van der Waals surface area (Å²) in [7, 11) is 0. The predicted octanol–water partition coefficient (Wildman–Crippen LogP) is 3.33. The van der Waals surface area contributed by atoms with Crippen LogP contribution in [-0.2, 0) is 19.0 Å². The second-order valence-electron chi connectivity index (χ2n) is 3.18. The van der Waals surface area contributed by atoms with E-state index in [0.717, 1.165) is 6.07 Å². The third kappa shape index (κ3) is 2.72. The zero-order valence-electron chi connectivity index (χ0n) is 8.23. The van der Waals surface area contributed by atoms with Gasteiger partial charge in [0.25, 0.3) is 0 Å². The fourth-order valence-corrected chi connectivity index (χ4v) is 1.35. The van der Waals surface area contributed by atoms with Gasteiger partial charge >= 0.3 is 6.18 Å². The molecule has 1 rings (SSSR count). The minimum atomic E-state index is -4.38. The van der Waals surface area contributed by atoms with Gasteiger partial charge in [-0.3, -0.25) is 0 Å². The minimum Gasteiger partial charge on any atom is -0.198 e. The molecule has 0 aliphatic heterocycles. The van der Waals surface area contributed by atoms with E-state index >= 15 is 0 Å². The smallest absolute Gasteiger partial charge is 0.198 e. The van der Waals surface area contributed by atoms with Crippen molar-refractivity contribution in [2.45, 2.75) is 25.9 Å². The highest BCUT2D eigenvalue weighted by atomic mass is 19.4. The number of nitriles is 1. The molecular weight excluding hydrogens is 203 g/mol. The quantitative estimate of drug-likeness (QED) is 0.739. The third-order valence-electron chi connectivity index (χ3n) is 2.16. The molecule has 0 fully saturated rings. The van der Waals surface area contributed by atoms with Crippen molar-refractivity contribution in [2.75, 3.05) is 0 Å². The predicted molar refractivity (Wildman–Crippen MR) is 50.1 cm³/mol. The lowest BCUT2D eigenvalue weighted by atomic mass is 10.0. The van der Waals surface area contributed by atoms with E-state index in [4.69, 9.17) is 5.26 Å². The van der Waals surface area contributed by atoms with Gasteiger partial charge < -0.3 is 0 Å². The van der Waals surface area contributed by atoms with Crippen molar-refractivity contribution in [1.82, 2.24) is 0 Å². The Labute approximate surface area is 86.1 Å². The molecule has 0 radical (unpaired) electrons. The van der Waals surface area contributed by atoms with Crippen molar-refractivity contribution < 1.29 is 13.2 Å². The zero-order valence-corrected chi connectivity index (χ0v) is 8.23. The van der Waals surface area contributed by atoms with Crippen molar-refractivity contribution in [3.8, 4) is 6.07 Å². The van der Waals surface area contributed by atoms with E-state index in [1.54, 1.807) is 19.1 Å². The maximum Gasteiger partial charge on any atom is 0.416 e. The van der Waals surface area contributed by atoms with Crippen LogP contribution in [0.15, 0.2) is 18.2 Å². The average Bonchev–Trinajstić information content (AvgIpc) is 2.17. The Hall–Kier alpha value is -1.50. The van der Waals surface area contributed by atoms with Gasteiger partial charge in [0.15, 0.2) is 0 Å². The number of halogens is 3. The highest BCUT2D eigenvalue weighted by Gasteiger charge is 2.33. The lowest BCUT2D eigenvalue weighted by Crippen LogP contribution is -2.09. The van der Waals surface area contributed by atoms with E-state index in [9.17, 15) is 13.2 Å². The molecule has 4 heteroatoms. The molecule has 15 heavy (non-hydrogen) atoms. The summed E-state index contributed by atoms with van der Waals surface area (Å²) in [6.45, 7) is 1.79. The van der Waals surface area contributed by atoms with Crippen LogP contribution in [-0.4, -0.2) is 0 Å². The van der Waals surface area contributed by atoms with Crippen molar-refractivity contribution >= 4 is 0 Å². The van der Waals surface area contributed by atoms with Crippen molar-refractivity contribution in [1.29, 1.82) is 5.26 Å². The van der Waals surface area contributed by atoms with Crippen LogP contribution < -0.4 is 0 Å². The highest BCUT2D eigenvalue weighted by Crippen LogP contribution is 2.33. The van der Waals surface area contributed by atoms with E-state index in [2.05, 4.69) is 0 Å². The Morgan fingerprint density at radius 2 is 2.00 bits per heavy atom. The lowest BCUT2D eigenvalue weighted by molar-refractivity contribution is -0.138. The molecule has 0 heterocycles. The molecule has 0 saturated heterocycles. The Morgan fingerprint density at radius 3 is 2.47 bits per heavy atom. The fourth-order valence-electron chi connectivity index (χ4n) is 1.35. The molecule has 1 aromatic rings. The Bertz CT molecular complexity index is 388. The zero-order chi connectivity index (χ0) is 11.5. The van der Waals surface area contributed by atoms with Gasteiger partial charge in [0.05, 0.1) is 18.1 Å². The monoisotopic (exact) mass is 213 g/mol. The van der Waals surface area contributed by atoms with Gasteiger partial charge in [-0.25, -0.2) is 0 Å². The van der Waals surface area contributed by atoms with Gasteiger partial charge in [-0.15, -0.1) is 0 Å². The summed E-state index contributed by atoms with van der Waals surface area (Å²) in [5, 5.41) is 8.42. The normalized spacial score (nSPS) is 11.1. The third-order valence-corrected chi connectivity index (χ3v) is 2.16. The second kappa shape index (κ2) is 4.35. The van der Waals surface area contributed by atoms with Crippen molar-refractivity contribution in [2.24, 2.45) is 0 Å². The van der Waals surface area contributed by atoms with Gasteiger partial charge in [-0.05, 0) is 23.6 Å². The van der Waals surface area contributed by atoms with Crippen LogP contribution >= 0.6 is 0 Å². The topological polar surface area (TPSA) is 23.8 Å². The molecule has 1 aromatic carbocycles. The molecule has 0 aliphatic carbocycles. The molecule has 0 atom stereocenters. The number of aryl methyl sites for hydroxylation is 1. The van der Waals surface area contributed by atoms with E-state index < -0.39 is 11.7 Å². The molecule has 0 spiro atoms. The first-order chi connectivity index (χ1) is 6.99. The van der Waals surface area contributed by atoms with Crippen molar-refractivity contribution in [3.05, 3.63) is 34.9 Å². The molecule has 80 valence electrons. The maximum absolute atomic E-state index is 12.6. The molecule has 0 unspecified atom stereocenters. The highest BCUT2D eigenvalue weighted by molar-refractivity contribution is 5.35. The number of benzene rings is 1. The summed E-state index contributed by atoms with van der Waals surface area (Å²) < 4.78 is 37.7. The largest absolute Gasteiger partial charge is 0.416 e. The lowest BCUT2D eigenvalue weighted by Gasteiger charge is -2.12. The molecule has 0 aromatic heterocycles. The molecular formula is C11H10F3N. The van der Waals surface area contributed by atoms with Crippen LogP contribution in [0.4, 0.5) is 13.2 Å². The molecule has 0 amide bonds. The van der Waals surface area contributed by atoms with Crippen LogP contribution in [0.5, 0.6) is 0 Å². The summed E-state index contributed by atoms with van der Waals surface area (Å²) in [6, 6.07) is 5.86. The van der Waals surface area contributed by atoms with E-state index in [1.807, 2.05) is 0 Å². The van der Waals surface area contributed by atoms with E-state index in [1.165, 1.54) is 6.07 Å². The summed E-state index contributed by atoms with van der Waals surface area (Å²) in [5.74, 6) is 0. The Morgan fingerprint density at radius 1 is 1.33 bits per heavy atom. The van der Waals surface area contributed by atoms with Crippen molar-refractivity contribution in [3.63, 3.8) is 0 Å². The molecule has 0 N–H and O–H groups in total.